The number of carbonyl (C=O) groups is 1. The lowest BCUT2D eigenvalue weighted by Gasteiger charge is -2.32. The molecule has 166 valence electrons. The fraction of sp³-hybridized carbons (Fsp3) is 0.269. The molecule has 0 aliphatic carbocycles. The standard InChI is InChI=1S/C26H28N2O3S/c1-3-20-14-15-24-23(17-20)22-8-4-5-9-25(22)32(30,31)28(24)18-26(29)27-16-6-7-21-12-10-19(2)11-13-21/h4-5,8-15,17H,3,6-7,16,18H2,1-2H3,(H,27,29). The van der Waals surface area contributed by atoms with Crippen LogP contribution in [0, 0.1) is 6.92 Å². The molecule has 1 amide bonds. The molecule has 0 radical (unpaired) electrons. The highest BCUT2D eigenvalue weighted by Gasteiger charge is 2.35. The second kappa shape index (κ2) is 9.17. The van der Waals surface area contributed by atoms with Crippen molar-refractivity contribution in [1.29, 1.82) is 0 Å². The quantitative estimate of drug-likeness (QED) is 0.542. The van der Waals surface area contributed by atoms with Crippen LogP contribution in [0.25, 0.3) is 11.1 Å². The summed E-state index contributed by atoms with van der Waals surface area (Å²) in [5.74, 6) is -0.303. The Morgan fingerprint density at radius 3 is 2.41 bits per heavy atom. The fourth-order valence-electron chi connectivity index (χ4n) is 4.03. The van der Waals surface area contributed by atoms with Gasteiger partial charge in [-0.25, -0.2) is 8.42 Å². The van der Waals surface area contributed by atoms with Crippen molar-refractivity contribution in [1.82, 2.24) is 5.32 Å². The predicted octanol–water partition coefficient (Wildman–Crippen LogP) is 4.48. The van der Waals surface area contributed by atoms with E-state index < -0.39 is 10.0 Å². The molecule has 0 saturated heterocycles. The largest absolute Gasteiger partial charge is 0.355 e. The highest BCUT2D eigenvalue weighted by Crippen LogP contribution is 2.43. The lowest BCUT2D eigenvalue weighted by molar-refractivity contribution is -0.119. The molecule has 32 heavy (non-hydrogen) atoms. The van der Waals surface area contributed by atoms with Crippen LogP contribution in [0.4, 0.5) is 5.69 Å². The van der Waals surface area contributed by atoms with E-state index in [1.54, 1.807) is 12.1 Å². The number of hydrogen-bond acceptors (Lipinski definition) is 3. The van der Waals surface area contributed by atoms with Gasteiger partial charge in [0, 0.05) is 17.7 Å². The number of fused-ring (bicyclic) bond motifs is 3. The maximum atomic E-state index is 13.3. The second-order valence-electron chi connectivity index (χ2n) is 8.15. The van der Waals surface area contributed by atoms with E-state index in [9.17, 15) is 13.2 Å². The molecule has 4 rings (SSSR count). The minimum absolute atomic E-state index is 0.236. The van der Waals surface area contributed by atoms with Crippen LogP contribution in [0.15, 0.2) is 71.6 Å². The third-order valence-electron chi connectivity index (χ3n) is 5.86. The van der Waals surface area contributed by atoms with Gasteiger partial charge < -0.3 is 5.32 Å². The van der Waals surface area contributed by atoms with Crippen molar-refractivity contribution in [2.45, 2.75) is 38.0 Å². The molecule has 0 saturated carbocycles. The minimum Gasteiger partial charge on any atom is -0.355 e. The molecule has 3 aromatic rings. The van der Waals surface area contributed by atoms with Crippen LogP contribution in [0.3, 0.4) is 0 Å². The summed E-state index contributed by atoms with van der Waals surface area (Å²) in [4.78, 5) is 12.9. The minimum atomic E-state index is -3.82. The van der Waals surface area contributed by atoms with Crippen molar-refractivity contribution in [3.05, 3.63) is 83.4 Å². The summed E-state index contributed by atoms with van der Waals surface area (Å²) < 4.78 is 27.9. The van der Waals surface area contributed by atoms with Crippen molar-refractivity contribution in [3.8, 4) is 11.1 Å². The van der Waals surface area contributed by atoms with E-state index in [4.69, 9.17) is 0 Å². The van der Waals surface area contributed by atoms with Crippen LogP contribution in [0.2, 0.25) is 0 Å². The summed E-state index contributed by atoms with van der Waals surface area (Å²) in [6.07, 6.45) is 2.50. The van der Waals surface area contributed by atoms with Crippen LogP contribution in [0.5, 0.6) is 0 Å². The monoisotopic (exact) mass is 448 g/mol. The molecule has 6 heteroatoms. The number of benzene rings is 3. The first-order chi connectivity index (χ1) is 15.4. The van der Waals surface area contributed by atoms with Crippen molar-refractivity contribution < 1.29 is 13.2 Å². The first-order valence-electron chi connectivity index (χ1n) is 11.0. The molecule has 0 bridgehead atoms. The number of nitrogens with one attached hydrogen (secondary N) is 1. The average Bonchev–Trinajstić information content (AvgIpc) is 2.80. The van der Waals surface area contributed by atoms with Crippen molar-refractivity contribution in [2.75, 3.05) is 17.4 Å². The van der Waals surface area contributed by atoms with Gasteiger partial charge in [0.25, 0.3) is 10.0 Å². The smallest absolute Gasteiger partial charge is 0.265 e. The summed E-state index contributed by atoms with van der Waals surface area (Å²) in [6.45, 7) is 4.38. The molecule has 0 aromatic heterocycles. The normalized spacial score (nSPS) is 13.9. The summed E-state index contributed by atoms with van der Waals surface area (Å²) in [5.41, 5.74) is 5.65. The number of amides is 1. The van der Waals surface area contributed by atoms with Crippen LogP contribution in [-0.4, -0.2) is 27.4 Å². The van der Waals surface area contributed by atoms with Gasteiger partial charge in [0.2, 0.25) is 5.91 Å². The molecule has 1 aliphatic rings. The van der Waals surface area contributed by atoms with Crippen molar-refractivity contribution >= 4 is 21.6 Å². The van der Waals surface area contributed by atoms with Crippen molar-refractivity contribution in [3.63, 3.8) is 0 Å². The molecule has 1 aliphatic heterocycles. The molecular formula is C26H28N2O3S. The van der Waals surface area contributed by atoms with Gasteiger partial charge in [-0.1, -0.05) is 61.0 Å². The van der Waals surface area contributed by atoms with Crippen LogP contribution >= 0.6 is 0 Å². The SMILES string of the molecule is CCc1ccc2c(c1)-c1ccccc1S(=O)(=O)N2CC(=O)NCCCc1ccc(C)cc1. The van der Waals surface area contributed by atoms with E-state index in [0.717, 1.165) is 30.4 Å². The summed E-state index contributed by atoms with van der Waals surface area (Å²) in [5, 5.41) is 2.88. The van der Waals surface area contributed by atoms with Gasteiger partial charge in [-0.05, 0) is 55.5 Å². The molecule has 0 fully saturated rings. The number of aryl methyl sites for hydroxylation is 3. The molecule has 0 spiro atoms. The van der Waals surface area contributed by atoms with Crippen LogP contribution < -0.4 is 9.62 Å². The highest BCUT2D eigenvalue weighted by molar-refractivity contribution is 7.93. The average molecular weight is 449 g/mol. The Kier molecular flexibility index (Phi) is 6.33. The van der Waals surface area contributed by atoms with Gasteiger partial charge in [-0.2, -0.15) is 0 Å². The zero-order valence-electron chi connectivity index (χ0n) is 18.5. The van der Waals surface area contributed by atoms with E-state index in [1.807, 2.05) is 30.3 Å². The molecule has 5 nitrogen and oxygen atoms in total. The van der Waals surface area contributed by atoms with E-state index in [0.29, 0.717) is 17.8 Å². The third-order valence-corrected chi connectivity index (χ3v) is 7.67. The molecule has 3 aromatic carbocycles. The van der Waals surface area contributed by atoms with Crippen molar-refractivity contribution in [2.24, 2.45) is 0 Å². The lowest BCUT2D eigenvalue weighted by Crippen LogP contribution is -2.42. The first-order valence-corrected chi connectivity index (χ1v) is 12.4. The lowest BCUT2D eigenvalue weighted by atomic mass is 9.99. The maximum absolute atomic E-state index is 13.3. The molecular weight excluding hydrogens is 420 g/mol. The Balaban J connectivity index is 1.49. The Morgan fingerprint density at radius 2 is 1.66 bits per heavy atom. The highest BCUT2D eigenvalue weighted by atomic mass is 32.2. The van der Waals surface area contributed by atoms with Crippen LogP contribution in [-0.2, 0) is 27.7 Å². The molecule has 0 unspecified atom stereocenters. The number of hydrogen-bond donors (Lipinski definition) is 1. The van der Waals surface area contributed by atoms with Gasteiger partial charge >= 0.3 is 0 Å². The summed E-state index contributed by atoms with van der Waals surface area (Å²) in [7, 11) is -3.82. The Bertz CT molecular complexity index is 1230. The fourth-order valence-corrected chi connectivity index (χ4v) is 5.68. The van der Waals surface area contributed by atoms with E-state index in [1.165, 1.54) is 15.4 Å². The Hall–Kier alpha value is -3.12. The van der Waals surface area contributed by atoms with Gasteiger partial charge in [0.1, 0.15) is 6.54 Å². The first kappa shape index (κ1) is 22.1. The predicted molar refractivity (Wildman–Crippen MR) is 128 cm³/mol. The second-order valence-corrected chi connectivity index (χ2v) is 9.98. The zero-order chi connectivity index (χ0) is 22.7. The zero-order valence-corrected chi connectivity index (χ0v) is 19.3. The summed E-state index contributed by atoms with van der Waals surface area (Å²) >= 11 is 0. The number of sulfonamides is 1. The summed E-state index contributed by atoms with van der Waals surface area (Å²) in [6, 6.07) is 21.1. The van der Waals surface area contributed by atoms with E-state index >= 15 is 0 Å². The topological polar surface area (TPSA) is 66.5 Å². The molecule has 0 atom stereocenters. The van der Waals surface area contributed by atoms with Gasteiger partial charge in [-0.3, -0.25) is 9.10 Å². The van der Waals surface area contributed by atoms with Gasteiger partial charge in [-0.15, -0.1) is 0 Å². The number of anilines is 1. The number of nitrogens with zero attached hydrogens (tertiary/aromatic N) is 1. The Labute approximate surface area is 190 Å². The van der Waals surface area contributed by atoms with Crippen LogP contribution in [0.1, 0.15) is 30.0 Å². The maximum Gasteiger partial charge on any atom is 0.265 e. The van der Waals surface area contributed by atoms with E-state index in [2.05, 4.69) is 43.4 Å². The number of rotatable bonds is 7. The van der Waals surface area contributed by atoms with Gasteiger partial charge in [0.15, 0.2) is 0 Å². The van der Waals surface area contributed by atoms with Gasteiger partial charge in [0.05, 0.1) is 10.6 Å². The molecule has 1 N–H and O–H groups in total. The third kappa shape index (κ3) is 4.41. The Morgan fingerprint density at radius 1 is 0.938 bits per heavy atom. The number of carbonyl (C=O) groups excluding carboxylic acids is 1. The van der Waals surface area contributed by atoms with E-state index in [-0.39, 0.29) is 17.3 Å². The molecule has 1 heterocycles.